The Hall–Kier alpha value is -2.58. The van der Waals surface area contributed by atoms with E-state index in [1.807, 2.05) is 38.1 Å². The van der Waals surface area contributed by atoms with Gasteiger partial charge in [-0.25, -0.2) is 8.42 Å². The summed E-state index contributed by atoms with van der Waals surface area (Å²) in [6.07, 6.45) is 4.94. The Kier molecular flexibility index (Phi) is 8.15. The van der Waals surface area contributed by atoms with E-state index in [1.165, 1.54) is 44.9 Å². The van der Waals surface area contributed by atoms with Crippen molar-refractivity contribution in [1.82, 2.24) is 4.72 Å². The van der Waals surface area contributed by atoms with Gasteiger partial charge in [0.05, 0.1) is 12.0 Å². The van der Waals surface area contributed by atoms with Gasteiger partial charge in [0, 0.05) is 24.5 Å². The van der Waals surface area contributed by atoms with Crippen LogP contribution in [0.2, 0.25) is 0 Å². The van der Waals surface area contributed by atoms with E-state index in [-0.39, 0.29) is 16.7 Å². The van der Waals surface area contributed by atoms with E-state index in [0.29, 0.717) is 11.4 Å². The Morgan fingerprint density at radius 2 is 1.53 bits per heavy atom. The standard InChI is InChI=1S/C24H33N3O4S/c1-18(2)23(26-32(29,30)22-14-12-21(31-3)13-15-22)24(28)25-19-8-10-20(11-9-19)27-16-6-4-5-7-17-27/h8-15,18,23,26H,4-7,16-17H2,1-3H3,(H,25,28)/t23-/m0/s1. The molecular weight excluding hydrogens is 426 g/mol. The number of hydrogen-bond acceptors (Lipinski definition) is 5. The molecule has 2 N–H and O–H groups in total. The first-order valence-corrected chi connectivity index (χ1v) is 12.6. The third kappa shape index (κ3) is 6.23. The summed E-state index contributed by atoms with van der Waals surface area (Å²) in [5.74, 6) is -0.0651. The van der Waals surface area contributed by atoms with Crippen LogP contribution in [0, 0.1) is 5.92 Å². The number of ether oxygens (including phenoxy) is 1. The Balaban J connectivity index is 1.68. The summed E-state index contributed by atoms with van der Waals surface area (Å²) in [4.78, 5) is 15.4. The van der Waals surface area contributed by atoms with Crippen molar-refractivity contribution in [3.8, 4) is 5.75 Å². The maximum atomic E-state index is 12.9. The molecule has 0 spiro atoms. The van der Waals surface area contributed by atoms with Gasteiger partial charge in [0.1, 0.15) is 11.8 Å². The predicted octanol–water partition coefficient (Wildman–Crippen LogP) is 4.02. The van der Waals surface area contributed by atoms with E-state index in [0.717, 1.165) is 18.8 Å². The molecule has 2 aromatic carbocycles. The monoisotopic (exact) mass is 459 g/mol. The lowest BCUT2D eigenvalue weighted by atomic mass is 10.0. The average molecular weight is 460 g/mol. The van der Waals surface area contributed by atoms with Crippen LogP contribution < -0.4 is 19.7 Å². The van der Waals surface area contributed by atoms with Crippen LogP contribution in [0.1, 0.15) is 39.5 Å². The summed E-state index contributed by atoms with van der Waals surface area (Å²) in [7, 11) is -2.35. The fraction of sp³-hybridized carbons (Fsp3) is 0.458. The summed E-state index contributed by atoms with van der Waals surface area (Å²) in [5.41, 5.74) is 1.79. The highest BCUT2D eigenvalue weighted by atomic mass is 32.2. The van der Waals surface area contributed by atoms with Gasteiger partial charge in [-0.05, 0) is 67.3 Å². The van der Waals surface area contributed by atoms with Gasteiger partial charge in [-0.15, -0.1) is 0 Å². The van der Waals surface area contributed by atoms with Gasteiger partial charge < -0.3 is 15.0 Å². The number of carbonyl (C=O) groups is 1. The zero-order chi connectivity index (χ0) is 23.1. The molecule has 1 heterocycles. The van der Waals surface area contributed by atoms with Crippen molar-refractivity contribution < 1.29 is 17.9 Å². The lowest BCUT2D eigenvalue weighted by molar-refractivity contribution is -0.118. The molecule has 0 bridgehead atoms. The van der Waals surface area contributed by atoms with Gasteiger partial charge in [-0.2, -0.15) is 4.72 Å². The predicted molar refractivity (Wildman–Crippen MR) is 128 cm³/mol. The van der Waals surface area contributed by atoms with E-state index in [1.54, 1.807) is 12.1 Å². The first-order valence-electron chi connectivity index (χ1n) is 11.1. The van der Waals surface area contributed by atoms with Crippen LogP contribution in [0.25, 0.3) is 0 Å². The number of rotatable bonds is 8. The van der Waals surface area contributed by atoms with Crippen LogP contribution in [0.3, 0.4) is 0 Å². The normalized spacial score (nSPS) is 15.8. The van der Waals surface area contributed by atoms with Crippen molar-refractivity contribution in [1.29, 1.82) is 0 Å². The molecule has 1 aliphatic rings. The molecule has 8 heteroatoms. The second-order valence-electron chi connectivity index (χ2n) is 8.46. The molecule has 3 rings (SSSR count). The number of carbonyl (C=O) groups excluding carboxylic acids is 1. The van der Waals surface area contributed by atoms with Gasteiger partial charge in [0.15, 0.2) is 0 Å². The smallest absolute Gasteiger partial charge is 0.242 e. The third-order valence-electron chi connectivity index (χ3n) is 5.71. The number of benzene rings is 2. The fourth-order valence-electron chi connectivity index (χ4n) is 3.79. The van der Waals surface area contributed by atoms with Crippen LogP contribution >= 0.6 is 0 Å². The topological polar surface area (TPSA) is 87.7 Å². The summed E-state index contributed by atoms with van der Waals surface area (Å²) in [6, 6.07) is 12.9. The van der Waals surface area contributed by atoms with Gasteiger partial charge >= 0.3 is 0 Å². The fourth-order valence-corrected chi connectivity index (χ4v) is 5.13. The highest BCUT2D eigenvalue weighted by Crippen LogP contribution is 2.22. The van der Waals surface area contributed by atoms with Crippen molar-refractivity contribution in [2.75, 3.05) is 30.4 Å². The van der Waals surface area contributed by atoms with E-state index in [9.17, 15) is 13.2 Å². The molecule has 0 unspecified atom stereocenters. The molecule has 1 saturated heterocycles. The van der Waals surface area contributed by atoms with E-state index < -0.39 is 16.1 Å². The van der Waals surface area contributed by atoms with Crippen LogP contribution in [0.5, 0.6) is 5.75 Å². The molecule has 1 atom stereocenters. The van der Waals surface area contributed by atoms with Crippen LogP contribution in [0.15, 0.2) is 53.4 Å². The third-order valence-corrected chi connectivity index (χ3v) is 7.16. The van der Waals surface area contributed by atoms with Gasteiger partial charge in [0.25, 0.3) is 0 Å². The maximum absolute atomic E-state index is 12.9. The van der Waals surface area contributed by atoms with E-state index >= 15 is 0 Å². The van der Waals surface area contributed by atoms with Crippen LogP contribution in [0.4, 0.5) is 11.4 Å². The molecule has 1 aliphatic heterocycles. The molecule has 0 aliphatic carbocycles. The van der Waals surface area contributed by atoms with E-state index in [2.05, 4.69) is 14.9 Å². The largest absolute Gasteiger partial charge is 0.497 e. The van der Waals surface area contributed by atoms with Gasteiger partial charge in [0.2, 0.25) is 15.9 Å². The molecule has 1 amide bonds. The van der Waals surface area contributed by atoms with Crippen LogP contribution in [-0.2, 0) is 14.8 Å². The average Bonchev–Trinajstić information content (AvgIpc) is 3.07. The van der Waals surface area contributed by atoms with Crippen molar-refractivity contribution >= 4 is 27.3 Å². The summed E-state index contributed by atoms with van der Waals surface area (Å²) < 4.78 is 33.3. The van der Waals surface area contributed by atoms with Crippen molar-refractivity contribution in [3.63, 3.8) is 0 Å². The minimum absolute atomic E-state index is 0.0820. The number of nitrogens with one attached hydrogen (secondary N) is 2. The Bertz CT molecular complexity index is 981. The lowest BCUT2D eigenvalue weighted by Gasteiger charge is -2.24. The minimum atomic E-state index is -3.86. The molecular formula is C24H33N3O4S. The van der Waals surface area contributed by atoms with Crippen molar-refractivity contribution in [2.45, 2.75) is 50.5 Å². The molecule has 1 fully saturated rings. The summed E-state index contributed by atoms with van der Waals surface area (Å²) in [6.45, 7) is 5.72. The van der Waals surface area contributed by atoms with Crippen molar-refractivity contribution in [2.24, 2.45) is 5.92 Å². The highest BCUT2D eigenvalue weighted by Gasteiger charge is 2.28. The number of nitrogens with zero attached hydrogens (tertiary/aromatic N) is 1. The molecule has 0 radical (unpaired) electrons. The maximum Gasteiger partial charge on any atom is 0.242 e. The SMILES string of the molecule is COc1ccc(S(=O)(=O)N[C@H](C(=O)Nc2ccc(N3CCCCCC3)cc2)C(C)C)cc1. The Morgan fingerprint density at radius 1 is 0.938 bits per heavy atom. The number of anilines is 2. The lowest BCUT2D eigenvalue weighted by Crippen LogP contribution is -2.47. The minimum Gasteiger partial charge on any atom is -0.497 e. The van der Waals surface area contributed by atoms with Gasteiger partial charge in [-0.1, -0.05) is 26.7 Å². The van der Waals surface area contributed by atoms with Crippen LogP contribution in [-0.4, -0.2) is 40.6 Å². The second kappa shape index (κ2) is 10.8. The first kappa shape index (κ1) is 24.1. The van der Waals surface area contributed by atoms with Gasteiger partial charge in [-0.3, -0.25) is 4.79 Å². The summed E-state index contributed by atoms with van der Waals surface area (Å²) >= 11 is 0. The Labute approximate surface area is 191 Å². The molecule has 174 valence electrons. The number of hydrogen-bond donors (Lipinski definition) is 2. The van der Waals surface area contributed by atoms with E-state index in [4.69, 9.17) is 4.74 Å². The zero-order valence-electron chi connectivity index (χ0n) is 19.0. The number of methoxy groups -OCH3 is 1. The zero-order valence-corrected chi connectivity index (χ0v) is 19.8. The number of sulfonamides is 1. The Morgan fingerprint density at radius 3 is 2.06 bits per heavy atom. The molecule has 2 aromatic rings. The highest BCUT2D eigenvalue weighted by molar-refractivity contribution is 7.89. The number of amides is 1. The quantitative estimate of drug-likeness (QED) is 0.623. The molecule has 32 heavy (non-hydrogen) atoms. The van der Waals surface area contributed by atoms with Crippen molar-refractivity contribution in [3.05, 3.63) is 48.5 Å². The molecule has 0 saturated carbocycles. The second-order valence-corrected chi connectivity index (χ2v) is 10.2. The molecule has 0 aromatic heterocycles. The summed E-state index contributed by atoms with van der Waals surface area (Å²) in [5, 5.41) is 2.85. The first-order chi connectivity index (χ1) is 15.3. The molecule has 7 nitrogen and oxygen atoms in total.